The average Bonchev–Trinajstić information content (AvgIpc) is 2.32. The van der Waals surface area contributed by atoms with Crippen molar-refractivity contribution in [1.29, 1.82) is 0 Å². The molecule has 0 spiro atoms. The van der Waals surface area contributed by atoms with E-state index in [1.807, 2.05) is 0 Å². The van der Waals surface area contributed by atoms with Gasteiger partial charge in [0, 0.05) is 37.3 Å². The van der Waals surface area contributed by atoms with Gasteiger partial charge in [0.2, 0.25) is 0 Å². The van der Waals surface area contributed by atoms with Crippen LogP contribution in [-0.4, -0.2) is 54.1 Å². The Morgan fingerprint density at radius 1 is 1.28 bits per heavy atom. The Balaban J connectivity index is 2.13. The number of piperazine rings is 1. The van der Waals surface area contributed by atoms with E-state index in [2.05, 4.69) is 37.6 Å². The van der Waals surface area contributed by atoms with Gasteiger partial charge in [0.05, 0.1) is 0 Å². The molecule has 18 heavy (non-hydrogen) atoms. The highest BCUT2D eigenvalue weighted by molar-refractivity contribution is 5.01. The minimum Gasteiger partial charge on any atom is -0.329 e. The standard InChI is InChI=1S/C15H31N3/c1-13-6-5-7-15(10-13,11-16)18-9-8-17(4)14(2,3)12-18/h13H,5-12,16H2,1-4H3. The van der Waals surface area contributed by atoms with E-state index >= 15 is 0 Å². The molecule has 0 aromatic heterocycles. The SMILES string of the molecule is CC1CCCC(CN)(N2CCN(C)C(C)(C)C2)C1. The monoisotopic (exact) mass is 253 g/mol. The third-order valence-electron chi connectivity index (χ3n) is 5.43. The maximum absolute atomic E-state index is 6.20. The summed E-state index contributed by atoms with van der Waals surface area (Å²) in [5.41, 5.74) is 6.77. The van der Waals surface area contributed by atoms with Crippen molar-refractivity contribution in [3.63, 3.8) is 0 Å². The number of likely N-dealkylation sites (N-methyl/N-ethyl adjacent to an activating group) is 1. The van der Waals surface area contributed by atoms with Crippen molar-refractivity contribution < 1.29 is 0 Å². The molecule has 0 aromatic rings. The molecular formula is C15H31N3. The van der Waals surface area contributed by atoms with E-state index in [9.17, 15) is 0 Å². The van der Waals surface area contributed by atoms with E-state index < -0.39 is 0 Å². The van der Waals surface area contributed by atoms with Crippen LogP contribution in [0.5, 0.6) is 0 Å². The minimum absolute atomic E-state index is 0.279. The smallest absolute Gasteiger partial charge is 0.0335 e. The zero-order valence-electron chi connectivity index (χ0n) is 12.7. The number of hydrogen-bond donors (Lipinski definition) is 1. The highest BCUT2D eigenvalue weighted by Gasteiger charge is 2.43. The highest BCUT2D eigenvalue weighted by atomic mass is 15.3. The summed E-state index contributed by atoms with van der Waals surface area (Å²) in [7, 11) is 2.25. The summed E-state index contributed by atoms with van der Waals surface area (Å²) in [6.07, 6.45) is 5.33. The van der Waals surface area contributed by atoms with Crippen LogP contribution >= 0.6 is 0 Å². The molecule has 2 N–H and O–H groups in total. The molecule has 1 heterocycles. The van der Waals surface area contributed by atoms with Crippen LogP contribution in [0.4, 0.5) is 0 Å². The lowest BCUT2D eigenvalue weighted by Crippen LogP contribution is -2.66. The fraction of sp³-hybridized carbons (Fsp3) is 1.00. The second kappa shape index (κ2) is 5.10. The molecule has 3 heteroatoms. The molecule has 0 radical (unpaired) electrons. The van der Waals surface area contributed by atoms with Gasteiger partial charge in [0.15, 0.2) is 0 Å². The topological polar surface area (TPSA) is 32.5 Å². The van der Waals surface area contributed by atoms with E-state index in [4.69, 9.17) is 5.73 Å². The van der Waals surface area contributed by atoms with E-state index in [-0.39, 0.29) is 11.1 Å². The maximum atomic E-state index is 6.20. The number of hydrogen-bond acceptors (Lipinski definition) is 3. The Bertz CT molecular complexity index is 289. The quantitative estimate of drug-likeness (QED) is 0.816. The van der Waals surface area contributed by atoms with Gasteiger partial charge in [-0.3, -0.25) is 9.80 Å². The lowest BCUT2D eigenvalue weighted by Gasteiger charge is -2.55. The molecule has 1 aliphatic carbocycles. The van der Waals surface area contributed by atoms with Crippen molar-refractivity contribution in [1.82, 2.24) is 9.80 Å². The molecule has 0 amide bonds. The molecule has 2 atom stereocenters. The first kappa shape index (κ1) is 14.3. The van der Waals surface area contributed by atoms with Crippen LogP contribution in [0.15, 0.2) is 0 Å². The summed E-state index contributed by atoms with van der Waals surface area (Å²) in [5, 5.41) is 0. The van der Waals surface area contributed by atoms with Gasteiger partial charge in [0.1, 0.15) is 0 Å². The molecule has 3 nitrogen and oxygen atoms in total. The molecule has 0 bridgehead atoms. The third kappa shape index (κ3) is 2.59. The highest BCUT2D eigenvalue weighted by Crippen LogP contribution is 2.38. The Morgan fingerprint density at radius 2 is 2.00 bits per heavy atom. The second-order valence-corrected chi connectivity index (χ2v) is 7.29. The second-order valence-electron chi connectivity index (χ2n) is 7.29. The van der Waals surface area contributed by atoms with Gasteiger partial charge in [-0.15, -0.1) is 0 Å². The fourth-order valence-corrected chi connectivity index (χ4v) is 3.88. The van der Waals surface area contributed by atoms with Gasteiger partial charge in [-0.05, 0) is 39.7 Å². The van der Waals surface area contributed by atoms with E-state index in [1.54, 1.807) is 0 Å². The Hall–Kier alpha value is -0.120. The average molecular weight is 253 g/mol. The van der Waals surface area contributed by atoms with Crippen LogP contribution in [0.2, 0.25) is 0 Å². The van der Waals surface area contributed by atoms with Gasteiger partial charge >= 0.3 is 0 Å². The number of nitrogens with two attached hydrogens (primary N) is 1. The minimum atomic E-state index is 0.279. The summed E-state index contributed by atoms with van der Waals surface area (Å²) < 4.78 is 0. The molecule has 1 saturated heterocycles. The van der Waals surface area contributed by atoms with Crippen LogP contribution in [0.25, 0.3) is 0 Å². The van der Waals surface area contributed by atoms with Crippen LogP contribution in [-0.2, 0) is 0 Å². The van der Waals surface area contributed by atoms with Crippen molar-refractivity contribution in [2.45, 2.75) is 57.5 Å². The van der Waals surface area contributed by atoms with Crippen molar-refractivity contribution in [2.24, 2.45) is 11.7 Å². The summed E-state index contributed by atoms with van der Waals surface area (Å²) in [6, 6.07) is 0. The van der Waals surface area contributed by atoms with Gasteiger partial charge in [-0.25, -0.2) is 0 Å². The Morgan fingerprint density at radius 3 is 2.56 bits per heavy atom. The first-order valence-corrected chi connectivity index (χ1v) is 7.56. The molecular weight excluding hydrogens is 222 g/mol. The van der Waals surface area contributed by atoms with Crippen molar-refractivity contribution in [3.05, 3.63) is 0 Å². The largest absolute Gasteiger partial charge is 0.329 e. The van der Waals surface area contributed by atoms with Crippen molar-refractivity contribution in [3.8, 4) is 0 Å². The third-order valence-corrected chi connectivity index (χ3v) is 5.43. The zero-order chi connectivity index (χ0) is 13.4. The van der Waals surface area contributed by atoms with Crippen molar-refractivity contribution >= 4 is 0 Å². The summed E-state index contributed by atoms with van der Waals surface area (Å²) in [4.78, 5) is 5.20. The maximum Gasteiger partial charge on any atom is 0.0335 e. The molecule has 1 aliphatic heterocycles. The van der Waals surface area contributed by atoms with E-state index in [0.29, 0.717) is 0 Å². The van der Waals surface area contributed by atoms with Gasteiger partial charge in [-0.1, -0.05) is 19.8 Å². The van der Waals surface area contributed by atoms with Crippen LogP contribution < -0.4 is 5.73 Å². The predicted molar refractivity (Wildman–Crippen MR) is 77.7 cm³/mol. The molecule has 2 aliphatic rings. The molecule has 0 aromatic carbocycles. The summed E-state index contributed by atoms with van der Waals surface area (Å²) in [5.74, 6) is 0.838. The first-order chi connectivity index (χ1) is 8.39. The van der Waals surface area contributed by atoms with E-state index in [1.165, 1.54) is 38.8 Å². The van der Waals surface area contributed by atoms with Gasteiger partial charge in [-0.2, -0.15) is 0 Å². The first-order valence-electron chi connectivity index (χ1n) is 7.56. The van der Waals surface area contributed by atoms with Gasteiger partial charge < -0.3 is 5.73 Å². The fourth-order valence-electron chi connectivity index (χ4n) is 3.88. The van der Waals surface area contributed by atoms with Crippen LogP contribution in [0, 0.1) is 5.92 Å². The Kier molecular flexibility index (Phi) is 4.05. The summed E-state index contributed by atoms with van der Waals surface area (Å²) >= 11 is 0. The zero-order valence-corrected chi connectivity index (χ0v) is 12.7. The molecule has 2 fully saturated rings. The molecule has 2 unspecified atom stereocenters. The lowest BCUT2D eigenvalue weighted by atomic mass is 9.74. The van der Waals surface area contributed by atoms with Gasteiger partial charge in [0.25, 0.3) is 0 Å². The summed E-state index contributed by atoms with van der Waals surface area (Å²) in [6.45, 7) is 11.5. The van der Waals surface area contributed by atoms with Crippen molar-refractivity contribution in [2.75, 3.05) is 33.2 Å². The number of rotatable bonds is 2. The van der Waals surface area contributed by atoms with Crippen LogP contribution in [0.1, 0.15) is 46.5 Å². The predicted octanol–water partition coefficient (Wildman–Crippen LogP) is 1.92. The number of nitrogens with zero attached hydrogens (tertiary/aromatic N) is 2. The Labute approximate surface area is 113 Å². The lowest BCUT2D eigenvalue weighted by molar-refractivity contribution is -0.0436. The molecule has 106 valence electrons. The molecule has 1 saturated carbocycles. The van der Waals surface area contributed by atoms with Crippen LogP contribution in [0.3, 0.4) is 0 Å². The molecule has 2 rings (SSSR count). The van der Waals surface area contributed by atoms with E-state index in [0.717, 1.165) is 19.0 Å². The normalized spacial score (nSPS) is 38.8.